The molecular weight excluding hydrogens is 425 g/mol. The molecule has 4 nitrogen and oxygen atoms in total. The van der Waals surface area contributed by atoms with E-state index >= 15 is 0 Å². The van der Waals surface area contributed by atoms with Crippen LogP contribution in [0, 0.1) is 0 Å². The van der Waals surface area contributed by atoms with Gasteiger partial charge in [-0.05, 0) is 41.7 Å². The van der Waals surface area contributed by atoms with Crippen molar-refractivity contribution in [3.63, 3.8) is 0 Å². The van der Waals surface area contributed by atoms with Crippen molar-refractivity contribution < 1.29 is 4.74 Å². The van der Waals surface area contributed by atoms with Crippen LogP contribution in [0.5, 0.6) is 5.75 Å². The van der Waals surface area contributed by atoms with Gasteiger partial charge in [-0.2, -0.15) is 0 Å². The third-order valence-corrected chi connectivity index (χ3v) is 4.81. The molecule has 2 heterocycles. The van der Waals surface area contributed by atoms with Crippen LogP contribution in [0.2, 0.25) is 0 Å². The van der Waals surface area contributed by atoms with Crippen LogP contribution in [0.1, 0.15) is 16.7 Å². The van der Waals surface area contributed by atoms with E-state index in [1.165, 1.54) is 22.4 Å². The monoisotopic (exact) mass is 449 g/mol. The van der Waals surface area contributed by atoms with Crippen LogP contribution in [0.3, 0.4) is 0 Å². The predicted molar refractivity (Wildman–Crippen MR) is 114 cm³/mol. The van der Waals surface area contributed by atoms with E-state index in [1.807, 2.05) is 7.05 Å². The molecule has 2 aliphatic rings. The molecule has 0 aliphatic carbocycles. The Hall–Kier alpha value is -1.76. The SMILES string of the molecule is CN=C(NCCc1ccc2c(c1)CCO2)N1CCc2ccccc21.I. The van der Waals surface area contributed by atoms with Crippen LogP contribution in [0.25, 0.3) is 0 Å². The van der Waals surface area contributed by atoms with Crippen molar-refractivity contribution in [1.29, 1.82) is 0 Å². The van der Waals surface area contributed by atoms with Gasteiger partial charge in [-0.25, -0.2) is 0 Å². The Kier molecular flexibility index (Phi) is 5.83. The number of benzene rings is 2. The molecule has 5 heteroatoms. The zero-order valence-electron chi connectivity index (χ0n) is 14.5. The van der Waals surface area contributed by atoms with Crippen LogP contribution in [0.15, 0.2) is 47.5 Å². The number of anilines is 1. The Morgan fingerprint density at radius 2 is 2.04 bits per heavy atom. The summed E-state index contributed by atoms with van der Waals surface area (Å²) < 4.78 is 5.57. The van der Waals surface area contributed by atoms with Gasteiger partial charge in [0.1, 0.15) is 5.75 Å². The number of ether oxygens (including phenoxy) is 1. The maximum atomic E-state index is 5.57. The molecule has 0 unspecified atom stereocenters. The van der Waals surface area contributed by atoms with Crippen LogP contribution in [0.4, 0.5) is 5.69 Å². The second kappa shape index (κ2) is 8.08. The number of halogens is 1. The number of guanidine groups is 1. The van der Waals surface area contributed by atoms with E-state index in [9.17, 15) is 0 Å². The molecule has 25 heavy (non-hydrogen) atoms. The Bertz CT molecular complexity index is 775. The molecule has 0 radical (unpaired) electrons. The molecule has 2 aliphatic heterocycles. The maximum absolute atomic E-state index is 5.57. The predicted octanol–water partition coefficient (Wildman–Crippen LogP) is 3.42. The molecular formula is C20H24IN3O. The molecule has 2 aromatic carbocycles. The van der Waals surface area contributed by atoms with Gasteiger partial charge in [-0.15, -0.1) is 24.0 Å². The first-order chi connectivity index (χ1) is 11.8. The molecule has 0 saturated heterocycles. The van der Waals surface area contributed by atoms with E-state index in [0.29, 0.717) is 0 Å². The van der Waals surface area contributed by atoms with Gasteiger partial charge in [0.05, 0.1) is 6.61 Å². The summed E-state index contributed by atoms with van der Waals surface area (Å²) in [5.74, 6) is 2.01. The number of fused-ring (bicyclic) bond motifs is 2. The lowest BCUT2D eigenvalue weighted by Crippen LogP contribution is -2.41. The zero-order chi connectivity index (χ0) is 16.4. The summed E-state index contributed by atoms with van der Waals surface area (Å²) in [7, 11) is 1.86. The minimum atomic E-state index is 0. The molecule has 0 atom stereocenters. The molecule has 4 rings (SSSR count). The van der Waals surface area contributed by atoms with Gasteiger partial charge in [-0.3, -0.25) is 4.99 Å². The van der Waals surface area contributed by atoms with Crippen molar-refractivity contribution in [1.82, 2.24) is 5.32 Å². The highest BCUT2D eigenvalue weighted by Crippen LogP contribution is 2.27. The summed E-state index contributed by atoms with van der Waals surface area (Å²) in [6, 6.07) is 15.1. The topological polar surface area (TPSA) is 36.9 Å². The first-order valence-electron chi connectivity index (χ1n) is 8.66. The minimum Gasteiger partial charge on any atom is -0.493 e. The maximum Gasteiger partial charge on any atom is 0.198 e. The van der Waals surface area contributed by atoms with Gasteiger partial charge in [0, 0.05) is 32.2 Å². The molecule has 0 aromatic heterocycles. The lowest BCUT2D eigenvalue weighted by molar-refractivity contribution is 0.357. The third-order valence-electron chi connectivity index (χ3n) is 4.81. The van der Waals surface area contributed by atoms with Gasteiger partial charge in [-0.1, -0.05) is 30.3 Å². The molecule has 0 spiro atoms. The van der Waals surface area contributed by atoms with E-state index in [4.69, 9.17) is 4.74 Å². The van der Waals surface area contributed by atoms with E-state index in [-0.39, 0.29) is 24.0 Å². The van der Waals surface area contributed by atoms with E-state index in [2.05, 4.69) is 57.7 Å². The van der Waals surface area contributed by atoms with Crippen molar-refractivity contribution in [3.05, 3.63) is 59.2 Å². The number of para-hydroxylation sites is 1. The molecule has 0 saturated carbocycles. The van der Waals surface area contributed by atoms with Crippen LogP contribution in [-0.4, -0.2) is 32.7 Å². The zero-order valence-corrected chi connectivity index (χ0v) is 16.8. The fourth-order valence-electron chi connectivity index (χ4n) is 3.57. The lowest BCUT2D eigenvalue weighted by Gasteiger charge is -2.22. The number of hydrogen-bond acceptors (Lipinski definition) is 2. The molecule has 1 N–H and O–H groups in total. The normalized spacial score (nSPS) is 15.2. The van der Waals surface area contributed by atoms with Crippen LogP contribution in [-0.2, 0) is 19.3 Å². The number of nitrogens with zero attached hydrogens (tertiary/aromatic N) is 2. The summed E-state index contributed by atoms with van der Waals surface area (Å²) in [5, 5.41) is 3.51. The van der Waals surface area contributed by atoms with E-state index in [1.54, 1.807) is 0 Å². The summed E-state index contributed by atoms with van der Waals surface area (Å²) in [6.45, 7) is 2.69. The Balaban J connectivity index is 0.00000182. The van der Waals surface area contributed by atoms with E-state index < -0.39 is 0 Å². The minimum absolute atomic E-state index is 0. The highest BCUT2D eigenvalue weighted by atomic mass is 127. The smallest absolute Gasteiger partial charge is 0.198 e. The Labute approximate surface area is 166 Å². The lowest BCUT2D eigenvalue weighted by atomic mass is 10.1. The largest absolute Gasteiger partial charge is 0.493 e. The molecule has 132 valence electrons. The van der Waals surface area contributed by atoms with Gasteiger partial charge < -0.3 is 15.0 Å². The number of hydrogen-bond donors (Lipinski definition) is 1. The first kappa shape index (κ1) is 18.0. The average molecular weight is 449 g/mol. The summed E-state index contributed by atoms with van der Waals surface area (Å²) in [5.41, 5.74) is 5.37. The molecule has 2 aromatic rings. The number of nitrogens with one attached hydrogen (secondary N) is 1. The standard InChI is InChI=1S/C20H23N3O.HI/c1-21-20(23-12-9-16-4-2-3-5-18(16)23)22-11-8-15-6-7-19-17(14-15)10-13-24-19;/h2-7,14H,8-13H2,1H3,(H,21,22);1H. The van der Waals surface area contributed by atoms with Gasteiger partial charge in [0.15, 0.2) is 5.96 Å². The highest BCUT2D eigenvalue weighted by molar-refractivity contribution is 14.0. The third kappa shape index (κ3) is 3.76. The van der Waals surface area contributed by atoms with Crippen molar-refractivity contribution in [2.75, 3.05) is 31.6 Å². The van der Waals surface area contributed by atoms with Crippen molar-refractivity contribution in [2.24, 2.45) is 4.99 Å². The van der Waals surface area contributed by atoms with Gasteiger partial charge in [0.2, 0.25) is 0 Å². The fourth-order valence-corrected chi connectivity index (χ4v) is 3.57. The van der Waals surface area contributed by atoms with Gasteiger partial charge >= 0.3 is 0 Å². The molecule has 0 fully saturated rings. The summed E-state index contributed by atoms with van der Waals surface area (Å²) >= 11 is 0. The quantitative estimate of drug-likeness (QED) is 0.444. The van der Waals surface area contributed by atoms with Crippen molar-refractivity contribution >= 4 is 35.6 Å². The van der Waals surface area contributed by atoms with E-state index in [0.717, 1.165) is 50.7 Å². The van der Waals surface area contributed by atoms with Crippen molar-refractivity contribution in [2.45, 2.75) is 19.3 Å². The number of aliphatic imine (C=N–C) groups is 1. The average Bonchev–Trinajstić information content (AvgIpc) is 3.25. The Morgan fingerprint density at radius 1 is 1.16 bits per heavy atom. The number of rotatable bonds is 3. The fraction of sp³-hybridized carbons (Fsp3) is 0.350. The van der Waals surface area contributed by atoms with Crippen LogP contribution < -0.4 is 15.0 Å². The second-order valence-electron chi connectivity index (χ2n) is 6.29. The molecule has 0 amide bonds. The van der Waals surface area contributed by atoms with Crippen molar-refractivity contribution in [3.8, 4) is 5.75 Å². The highest BCUT2D eigenvalue weighted by Gasteiger charge is 2.22. The summed E-state index contributed by atoms with van der Waals surface area (Å²) in [4.78, 5) is 6.75. The first-order valence-corrected chi connectivity index (χ1v) is 8.66. The summed E-state index contributed by atoms with van der Waals surface area (Å²) in [6.07, 6.45) is 3.10. The molecule has 0 bridgehead atoms. The van der Waals surface area contributed by atoms with Crippen LogP contribution >= 0.6 is 24.0 Å². The second-order valence-corrected chi connectivity index (χ2v) is 6.29. The Morgan fingerprint density at radius 3 is 2.92 bits per heavy atom. The van der Waals surface area contributed by atoms with Gasteiger partial charge in [0.25, 0.3) is 0 Å².